The van der Waals surface area contributed by atoms with E-state index in [1.54, 1.807) is 7.11 Å². The molecule has 0 radical (unpaired) electrons. The molecule has 0 fully saturated rings. The van der Waals surface area contributed by atoms with Crippen molar-refractivity contribution >= 4 is 5.91 Å². The Kier molecular flexibility index (Phi) is 6.10. The van der Waals surface area contributed by atoms with Crippen molar-refractivity contribution in [2.24, 2.45) is 0 Å². The largest absolute Gasteiger partial charge is 0.507 e. The molecule has 0 bridgehead atoms. The zero-order valence-electron chi connectivity index (χ0n) is 10.1. The number of benzene rings is 1. The van der Waals surface area contributed by atoms with E-state index in [4.69, 9.17) is 9.47 Å². The van der Waals surface area contributed by atoms with E-state index in [2.05, 4.69) is 5.32 Å². The molecule has 0 atom stereocenters. The number of carbonyl (C=O) groups is 1. The Hall–Kier alpha value is -1.66. The van der Waals surface area contributed by atoms with Crippen molar-refractivity contribution in [1.29, 1.82) is 0 Å². The first-order valence-corrected chi connectivity index (χ1v) is 5.48. The third kappa shape index (κ3) is 4.68. The quantitative estimate of drug-likeness (QED) is 0.713. The van der Waals surface area contributed by atoms with Crippen molar-refractivity contribution in [2.75, 3.05) is 33.5 Å². The second-order valence-electron chi connectivity index (χ2n) is 3.52. The summed E-state index contributed by atoms with van der Waals surface area (Å²) in [7, 11) is 1.57. The number of nitrogens with one attached hydrogen (secondary N) is 1. The van der Waals surface area contributed by atoms with Crippen molar-refractivity contribution in [2.45, 2.75) is 0 Å². The molecule has 2 N–H and O–H groups in total. The Morgan fingerprint density at radius 1 is 1.39 bits per heavy atom. The van der Waals surface area contributed by atoms with Gasteiger partial charge in [0.15, 0.2) is 0 Å². The summed E-state index contributed by atoms with van der Waals surface area (Å²) in [6, 6.07) is 3.24. The molecule has 0 unspecified atom stereocenters. The average molecular weight is 257 g/mol. The van der Waals surface area contributed by atoms with Gasteiger partial charge in [0.05, 0.1) is 25.4 Å². The van der Waals surface area contributed by atoms with Crippen LogP contribution in [0.4, 0.5) is 4.39 Å². The molecule has 0 aliphatic heterocycles. The molecule has 0 aromatic heterocycles. The van der Waals surface area contributed by atoms with E-state index in [-0.39, 0.29) is 11.3 Å². The van der Waals surface area contributed by atoms with Gasteiger partial charge in [0.25, 0.3) is 5.91 Å². The summed E-state index contributed by atoms with van der Waals surface area (Å²) in [4.78, 5) is 11.6. The predicted molar refractivity (Wildman–Crippen MR) is 63.1 cm³/mol. The molecule has 0 aliphatic carbocycles. The van der Waals surface area contributed by atoms with Gasteiger partial charge in [-0.25, -0.2) is 4.39 Å². The van der Waals surface area contributed by atoms with Crippen LogP contribution >= 0.6 is 0 Å². The van der Waals surface area contributed by atoms with E-state index in [0.29, 0.717) is 26.4 Å². The molecule has 0 heterocycles. The molecule has 1 aromatic carbocycles. The number of methoxy groups -OCH3 is 1. The van der Waals surface area contributed by atoms with Gasteiger partial charge in [-0.05, 0) is 12.1 Å². The Labute approximate surface area is 105 Å². The molecule has 1 rings (SSSR count). The van der Waals surface area contributed by atoms with Gasteiger partial charge >= 0.3 is 0 Å². The van der Waals surface area contributed by atoms with Crippen LogP contribution in [0.15, 0.2) is 18.2 Å². The van der Waals surface area contributed by atoms with Crippen molar-refractivity contribution in [1.82, 2.24) is 5.32 Å². The third-order valence-electron chi connectivity index (χ3n) is 2.17. The molecule has 0 aliphatic rings. The van der Waals surface area contributed by atoms with Crippen LogP contribution in [0.1, 0.15) is 10.4 Å². The van der Waals surface area contributed by atoms with Crippen LogP contribution in [-0.4, -0.2) is 44.5 Å². The van der Waals surface area contributed by atoms with Gasteiger partial charge in [0.2, 0.25) is 0 Å². The fraction of sp³-hybridized carbons (Fsp3) is 0.417. The molecule has 0 saturated carbocycles. The first kappa shape index (κ1) is 14.4. The highest BCUT2D eigenvalue weighted by molar-refractivity contribution is 5.96. The lowest BCUT2D eigenvalue weighted by Crippen LogP contribution is -2.27. The van der Waals surface area contributed by atoms with Gasteiger partial charge in [-0.15, -0.1) is 0 Å². The lowest BCUT2D eigenvalue weighted by Gasteiger charge is -2.07. The van der Waals surface area contributed by atoms with Gasteiger partial charge < -0.3 is 19.9 Å². The van der Waals surface area contributed by atoms with Crippen LogP contribution in [0.2, 0.25) is 0 Å². The van der Waals surface area contributed by atoms with Crippen molar-refractivity contribution in [3.63, 3.8) is 0 Å². The first-order chi connectivity index (χ1) is 8.65. The molecule has 100 valence electrons. The van der Waals surface area contributed by atoms with E-state index >= 15 is 0 Å². The zero-order valence-corrected chi connectivity index (χ0v) is 10.1. The molecule has 0 spiro atoms. The highest BCUT2D eigenvalue weighted by atomic mass is 19.1. The predicted octanol–water partition coefficient (Wildman–Crippen LogP) is 0.924. The second kappa shape index (κ2) is 7.62. The van der Waals surface area contributed by atoms with Crippen molar-refractivity contribution < 1.29 is 23.8 Å². The summed E-state index contributed by atoms with van der Waals surface area (Å²) < 4.78 is 22.6. The SMILES string of the molecule is COCCOCCNC(=O)c1ccc(F)cc1O. The van der Waals surface area contributed by atoms with Crippen molar-refractivity contribution in [3.05, 3.63) is 29.6 Å². The minimum absolute atomic E-state index is 0.0355. The highest BCUT2D eigenvalue weighted by Gasteiger charge is 2.10. The second-order valence-corrected chi connectivity index (χ2v) is 3.52. The summed E-state index contributed by atoms with van der Waals surface area (Å²) in [6.07, 6.45) is 0. The van der Waals surface area contributed by atoms with E-state index < -0.39 is 11.7 Å². The molecule has 0 saturated heterocycles. The Morgan fingerprint density at radius 3 is 2.83 bits per heavy atom. The number of phenols is 1. The number of rotatable bonds is 7. The number of halogens is 1. The fourth-order valence-electron chi connectivity index (χ4n) is 1.27. The lowest BCUT2D eigenvalue weighted by atomic mass is 10.2. The lowest BCUT2D eigenvalue weighted by molar-refractivity contribution is 0.0692. The van der Waals surface area contributed by atoms with Gasteiger partial charge in [-0.2, -0.15) is 0 Å². The summed E-state index contributed by atoms with van der Waals surface area (Å²) in [6.45, 7) is 1.59. The number of hydrogen-bond acceptors (Lipinski definition) is 4. The van der Waals surface area contributed by atoms with E-state index in [1.165, 1.54) is 6.07 Å². The van der Waals surface area contributed by atoms with E-state index in [9.17, 15) is 14.3 Å². The maximum Gasteiger partial charge on any atom is 0.255 e. The molecule has 18 heavy (non-hydrogen) atoms. The average Bonchev–Trinajstić information content (AvgIpc) is 2.33. The van der Waals surface area contributed by atoms with Gasteiger partial charge in [0.1, 0.15) is 11.6 Å². The molecule has 5 nitrogen and oxygen atoms in total. The van der Waals surface area contributed by atoms with E-state index in [1.807, 2.05) is 0 Å². The van der Waals surface area contributed by atoms with Gasteiger partial charge in [0, 0.05) is 19.7 Å². The standard InChI is InChI=1S/C12H16FNO4/c1-17-6-7-18-5-4-14-12(16)10-3-2-9(13)8-11(10)15/h2-3,8,15H,4-7H2,1H3,(H,14,16). The summed E-state index contributed by atoms with van der Waals surface area (Å²) in [5, 5.41) is 11.9. The molecular formula is C12H16FNO4. The molecule has 6 heteroatoms. The topological polar surface area (TPSA) is 67.8 Å². The first-order valence-electron chi connectivity index (χ1n) is 5.48. The van der Waals surface area contributed by atoms with Crippen LogP contribution in [-0.2, 0) is 9.47 Å². The fourth-order valence-corrected chi connectivity index (χ4v) is 1.27. The van der Waals surface area contributed by atoms with Crippen molar-refractivity contribution in [3.8, 4) is 5.75 Å². The third-order valence-corrected chi connectivity index (χ3v) is 2.17. The Bertz CT molecular complexity index is 398. The number of hydrogen-bond donors (Lipinski definition) is 2. The van der Waals surface area contributed by atoms with Gasteiger partial charge in [-0.3, -0.25) is 4.79 Å². The number of amides is 1. The Morgan fingerprint density at radius 2 is 2.17 bits per heavy atom. The summed E-state index contributed by atoms with van der Waals surface area (Å²) >= 11 is 0. The molecule has 1 amide bonds. The maximum absolute atomic E-state index is 12.7. The molecular weight excluding hydrogens is 241 g/mol. The minimum atomic E-state index is -0.591. The number of ether oxygens (including phenoxy) is 2. The number of carbonyl (C=O) groups excluding carboxylic acids is 1. The number of aromatic hydroxyl groups is 1. The van der Waals surface area contributed by atoms with E-state index in [0.717, 1.165) is 12.1 Å². The molecule has 1 aromatic rings. The monoisotopic (exact) mass is 257 g/mol. The van der Waals surface area contributed by atoms with Gasteiger partial charge in [-0.1, -0.05) is 0 Å². The Balaban J connectivity index is 2.32. The summed E-state index contributed by atoms with van der Waals surface area (Å²) in [5.41, 5.74) is 0.0355. The number of phenolic OH excluding ortho intramolecular Hbond substituents is 1. The zero-order chi connectivity index (χ0) is 13.4. The van der Waals surface area contributed by atoms with Crippen LogP contribution < -0.4 is 5.32 Å². The minimum Gasteiger partial charge on any atom is -0.507 e. The maximum atomic E-state index is 12.7. The normalized spacial score (nSPS) is 10.3. The smallest absolute Gasteiger partial charge is 0.255 e. The van der Waals surface area contributed by atoms with Crippen LogP contribution in [0.5, 0.6) is 5.75 Å². The van der Waals surface area contributed by atoms with Crippen LogP contribution in [0, 0.1) is 5.82 Å². The van der Waals surface area contributed by atoms with Crippen LogP contribution in [0.3, 0.4) is 0 Å². The van der Waals surface area contributed by atoms with Crippen LogP contribution in [0.25, 0.3) is 0 Å². The summed E-state index contributed by atoms with van der Waals surface area (Å²) in [5.74, 6) is -1.44. The highest BCUT2D eigenvalue weighted by Crippen LogP contribution is 2.17.